The Morgan fingerprint density at radius 2 is 0.677 bits per heavy atom. The highest BCUT2D eigenvalue weighted by Gasteiger charge is 2.41. The predicted octanol–water partition coefficient (Wildman–Crippen LogP) is 13.6. The topological polar surface area (TPSA) is 28.3 Å². The summed E-state index contributed by atoms with van der Waals surface area (Å²) in [4.78, 5) is 0. The Labute approximate surface area is 375 Å². The van der Waals surface area contributed by atoms with Gasteiger partial charge < -0.3 is 18.6 Å². The van der Waals surface area contributed by atoms with Gasteiger partial charge in [-0.3, -0.25) is 0 Å². The summed E-state index contributed by atoms with van der Waals surface area (Å²) in [6, 6.07) is 80.7. The quantitative estimate of drug-likeness (QED) is 0.162. The van der Waals surface area contributed by atoms with E-state index in [1.165, 1.54) is 54.8 Å². The molecular weight excluding hydrogens is 791 g/mol. The van der Waals surface area contributed by atoms with E-state index in [1.54, 1.807) is 0 Å². The average Bonchev–Trinajstić information content (AvgIpc) is 3.89. The second-order valence-corrected chi connectivity index (χ2v) is 17.2. The number of aromatic nitrogens is 2. The van der Waals surface area contributed by atoms with E-state index in [0.29, 0.717) is 0 Å². The molecule has 0 bridgehead atoms. The molecule has 14 rings (SSSR count). The van der Waals surface area contributed by atoms with Crippen LogP contribution in [0, 0.1) is 0 Å². The minimum Gasteiger partial charge on any atom is -0.458 e. The van der Waals surface area contributed by atoms with E-state index in [4.69, 9.17) is 9.47 Å². The average molecular weight is 829 g/mol. The van der Waals surface area contributed by atoms with Crippen molar-refractivity contribution in [1.82, 2.24) is 9.13 Å². The van der Waals surface area contributed by atoms with Gasteiger partial charge in [0.1, 0.15) is 23.0 Å². The van der Waals surface area contributed by atoms with Crippen LogP contribution in [0.2, 0.25) is 0 Å². The zero-order valence-electron chi connectivity index (χ0n) is 35.2. The van der Waals surface area contributed by atoms with Crippen LogP contribution in [0.1, 0.15) is 0 Å². The Morgan fingerprint density at radius 1 is 0.277 bits per heavy atom. The molecule has 0 fully saturated rings. The molecule has 0 aliphatic carbocycles. The normalized spacial score (nSPS) is 12.5. The summed E-state index contributed by atoms with van der Waals surface area (Å²) in [7, 11) is 0. The van der Waals surface area contributed by atoms with E-state index in [9.17, 15) is 0 Å². The molecule has 302 valence electrons. The SMILES string of the molecule is c1ccc(-c2ccc3c(c2)B2c4cc(-c5ccccc5)ccc4Oc4cc(-n5c6ccccc6c6cc(-c7ccc8c(c7)c7ccccc7n8-c7ccccc7)ccc65)cc(c42)O3)cc1. The van der Waals surface area contributed by atoms with Crippen LogP contribution < -0.4 is 25.9 Å². The van der Waals surface area contributed by atoms with Crippen molar-refractivity contribution >= 4 is 66.7 Å². The third-order valence-electron chi connectivity index (χ3n) is 13.6. The molecule has 2 aliphatic rings. The van der Waals surface area contributed by atoms with Gasteiger partial charge in [0.25, 0.3) is 6.71 Å². The van der Waals surface area contributed by atoms with E-state index in [1.807, 2.05) is 0 Å². The van der Waals surface area contributed by atoms with Gasteiger partial charge in [0.2, 0.25) is 0 Å². The molecule has 4 heterocycles. The number of benzene rings is 10. The van der Waals surface area contributed by atoms with Crippen molar-refractivity contribution < 1.29 is 9.47 Å². The van der Waals surface area contributed by atoms with Crippen molar-refractivity contribution in [3.63, 3.8) is 0 Å². The van der Waals surface area contributed by atoms with Crippen LogP contribution in [0.25, 0.3) is 88.4 Å². The fourth-order valence-corrected chi connectivity index (χ4v) is 10.7. The summed E-state index contributed by atoms with van der Waals surface area (Å²) in [5, 5.41) is 4.86. The van der Waals surface area contributed by atoms with E-state index < -0.39 is 0 Å². The molecule has 0 atom stereocenters. The maximum atomic E-state index is 6.99. The van der Waals surface area contributed by atoms with Crippen LogP contribution >= 0.6 is 0 Å². The lowest BCUT2D eigenvalue weighted by Crippen LogP contribution is -2.57. The van der Waals surface area contributed by atoms with Crippen LogP contribution in [0.15, 0.2) is 224 Å². The van der Waals surface area contributed by atoms with Crippen molar-refractivity contribution in [2.75, 3.05) is 0 Å². The third kappa shape index (κ3) is 5.52. The van der Waals surface area contributed by atoms with Crippen LogP contribution in [0.4, 0.5) is 0 Å². The molecule has 10 aromatic carbocycles. The van der Waals surface area contributed by atoms with Crippen LogP contribution in [-0.4, -0.2) is 15.8 Å². The van der Waals surface area contributed by atoms with Gasteiger partial charge in [-0.25, -0.2) is 0 Å². The van der Waals surface area contributed by atoms with E-state index in [0.717, 1.165) is 72.9 Å². The Hall–Kier alpha value is -8.54. The Kier molecular flexibility index (Phi) is 7.75. The van der Waals surface area contributed by atoms with E-state index >= 15 is 0 Å². The van der Waals surface area contributed by atoms with Gasteiger partial charge in [-0.15, -0.1) is 0 Å². The first-order valence-electron chi connectivity index (χ1n) is 22.3. The molecule has 0 spiro atoms. The Bertz CT molecular complexity index is 3780. The summed E-state index contributed by atoms with van der Waals surface area (Å²) in [6.45, 7) is -0.0892. The molecular formula is C60H37BN2O2. The molecule has 0 N–H and O–H groups in total. The first kappa shape index (κ1) is 36.0. The Balaban J connectivity index is 0.928. The number of ether oxygens (including phenoxy) is 2. The fraction of sp³-hybridized carbons (Fsp3) is 0. The molecule has 0 radical (unpaired) electrons. The molecule has 12 aromatic rings. The summed E-state index contributed by atoms with van der Waals surface area (Å²) in [5.74, 6) is 3.34. The molecule has 0 amide bonds. The molecule has 2 aliphatic heterocycles. The monoisotopic (exact) mass is 828 g/mol. The van der Waals surface area contributed by atoms with Gasteiger partial charge in [0.15, 0.2) is 0 Å². The van der Waals surface area contributed by atoms with Crippen LogP contribution in [-0.2, 0) is 0 Å². The van der Waals surface area contributed by atoms with E-state index in [2.05, 4.69) is 234 Å². The van der Waals surface area contributed by atoms with Gasteiger partial charge >= 0.3 is 0 Å². The molecule has 0 unspecified atom stereocenters. The van der Waals surface area contributed by atoms with Crippen molar-refractivity contribution in [1.29, 1.82) is 0 Å². The third-order valence-corrected chi connectivity index (χ3v) is 13.6. The number of rotatable bonds is 5. The van der Waals surface area contributed by atoms with Crippen molar-refractivity contribution in [2.24, 2.45) is 0 Å². The lowest BCUT2D eigenvalue weighted by molar-refractivity contribution is 0.464. The van der Waals surface area contributed by atoms with Crippen molar-refractivity contribution in [2.45, 2.75) is 0 Å². The number of hydrogen-bond donors (Lipinski definition) is 0. The van der Waals surface area contributed by atoms with Gasteiger partial charge in [-0.1, -0.05) is 152 Å². The lowest BCUT2D eigenvalue weighted by Gasteiger charge is -2.34. The lowest BCUT2D eigenvalue weighted by atomic mass is 9.34. The first-order chi connectivity index (χ1) is 32.2. The number of fused-ring (bicyclic) bond motifs is 10. The molecule has 0 saturated carbocycles. The standard InChI is InChI=1S/C60H37BN2O2/c1-4-14-38(15-5-1)42-26-30-56-50(34-42)61-51-35-43(39-16-6-2-7-17-39)27-31-57(51)65-59-37-45(36-58(64-56)60(59)61)63-53-23-13-11-21-47(53)49-33-41(25-29-55(49)63)40-24-28-54-48(32-40)46-20-10-12-22-52(46)62(54)44-18-8-3-9-19-44/h1-37H. The number of nitrogens with zero attached hydrogens (tertiary/aromatic N) is 2. The van der Waals surface area contributed by atoms with Gasteiger partial charge in [0, 0.05) is 44.8 Å². The van der Waals surface area contributed by atoms with Crippen LogP contribution in [0.3, 0.4) is 0 Å². The predicted molar refractivity (Wildman–Crippen MR) is 269 cm³/mol. The minimum absolute atomic E-state index is 0.0892. The highest BCUT2D eigenvalue weighted by atomic mass is 16.5. The molecule has 0 saturated heterocycles. The summed E-state index contributed by atoms with van der Waals surface area (Å²) in [6.07, 6.45) is 0. The van der Waals surface area contributed by atoms with Gasteiger partial charge in [-0.05, 0) is 105 Å². The highest BCUT2D eigenvalue weighted by Crippen LogP contribution is 2.42. The van der Waals surface area contributed by atoms with Crippen molar-refractivity contribution in [3.8, 4) is 67.8 Å². The minimum atomic E-state index is -0.0892. The van der Waals surface area contributed by atoms with Gasteiger partial charge in [0.05, 0.1) is 27.8 Å². The van der Waals surface area contributed by atoms with E-state index in [-0.39, 0.29) is 6.71 Å². The zero-order chi connectivity index (χ0) is 42.6. The number of para-hydroxylation sites is 3. The second kappa shape index (κ2) is 14.0. The molecule has 65 heavy (non-hydrogen) atoms. The number of hydrogen-bond acceptors (Lipinski definition) is 2. The summed E-state index contributed by atoms with van der Waals surface area (Å²) >= 11 is 0. The van der Waals surface area contributed by atoms with Crippen molar-refractivity contribution in [3.05, 3.63) is 224 Å². The summed E-state index contributed by atoms with van der Waals surface area (Å²) < 4.78 is 18.7. The first-order valence-corrected chi connectivity index (χ1v) is 22.3. The fourth-order valence-electron chi connectivity index (χ4n) is 10.7. The second-order valence-electron chi connectivity index (χ2n) is 17.2. The maximum Gasteiger partial charge on any atom is 0.260 e. The smallest absolute Gasteiger partial charge is 0.260 e. The molecule has 5 heteroatoms. The highest BCUT2D eigenvalue weighted by molar-refractivity contribution is 6.98. The zero-order valence-corrected chi connectivity index (χ0v) is 35.2. The van der Waals surface area contributed by atoms with Crippen LogP contribution in [0.5, 0.6) is 23.0 Å². The summed E-state index contributed by atoms with van der Waals surface area (Å²) in [5.41, 5.74) is 17.1. The molecule has 2 aromatic heterocycles. The largest absolute Gasteiger partial charge is 0.458 e. The molecule has 4 nitrogen and oxygen atoms in total. The van der Waals surface area contributed by atoms with Gasteiger partial charge in [-0.2, -0.15) is 0 Å². The maximum absolute atomic E-state index is 6.99. The Morgan fingerprint density at radius 3 is 1.18 bits per heavy atom.